The van der Waals surface area contributed by atoms with Gasteiger partial charge in [-0.15, -0.1) is 0 Å². The van der Waals surface area contributed by atoms with E-state index in [0.29, 0.717) is 12.5 Å². The summed E-state index contributed by atoms with van der Waals surface area (Å²) in [5.41, 5.74) is 7.86. The summed E-state index contributed by atoms with van der Waals surface area (Å²) in [6.45, 7) is 7.08. The van der Waals surface area contributed by atoms with Crippen molar-refractivity contribution in [3.63, 3.8) is 0 Å². The van der Waals surface area contributed by atoms with Crippen LogP contribution in [0.2, 0.25) is 0 Å². The van der Waals surface area contributed by atoms with Crippen molar-refractivity contribution < 1.29 is 9.90 Å². The minimum atomic E-state index is -0.490. The van der Waals surface area contributed by atoms with E-state index in [-0.39, 0.29) is 11.8 Å². The van der Waals surface area contributed by atoms with Gasteiger partial charge in [0.1, 0.15) is 0 Å². The highest BCUT2D eigenvalue weighted by Gasteiger charge is 2.19. The number of rotatable bonds is 6. The first kappa shape index (κ1) is 17.9. The number of nitrogens with two attached hydrogens (primary N) is 1. The predicted octanol–water partition coefficient (Wildman–Crippen LogP) is 1.81. The number of aliphatic hydroxyl groups excluding tert-OH is 1. The van der Waals surface area contributed by atoms with Crippen molar-refractivity contribution in [1.29, 1.82) is 0 Å². The molecule has 5 heteroatoms. The second-order valence-corrected chi connectivity index (χ2v) is 6.86. The molecule has 5 nitrogen and oxygen atoms in total. The minimum absolute atomic E-state index is 0.117. The molecule has 0 spiro atoms. The van der Waals surface area contributed by atoms with Crippen molar-refractivity contribution in [2.75, 3.05) is 25.0 Å². The third-order valence-corrected chi connectivity index (χ3v) is 4.59. The fourth-order valence-corrected chi connectivity index (χ4v) is 2.86. The molecule has 1 fully saturated rings. The van der Waals surface area contributed by atoms with Crippen LogP contribution in [0.4, 0.5) is 5.69 Å². The number of hydrogen-bond donors (Lipinski definition) is 3. The quantitative estimate of drug-likeness (QED) is 0.747. The van der Waals surface area contributed by atoms with Gasteiger partial charge in [-0.2, -0.15) is 0 Å². The van der Waals surface area contributed by atoms with Crippen LogP contribution in [0.15, 0.2) is 24.3 Å². The Bertz CT molecular complexity index is 511. The lowest BCUT2D eigenvalue weighted by Gasteiger charge is -2.31. The lowest BCUT2D eigenvalue weighted by atomic mass is 9.97. The van der Waals surface area contributed by atoms with E-state index in [1.165, 1.54) is 5.56 Å². The van der Waals surface area contributed by atoms with Crippen molar-refractivity contribution in [2.24, 2.45) is 17.6 Å². The molecule has 1 heterocycles. The third kappa shape index (κ3) is 5.30. The van der Waals surface area contributed by atoms with Gasteiger partial charge in [-0.05, 0) is 55.5 Å². The lowest BCUT2D eigenvalue weighted by Crippen LogP contribution is -2.39. The second-order valence-electron chi connectivity index (χ2n) is 6.86. The molecule has 0 saturated carbocycles. The van der Waals surface area contributed by atoms with Crippen LogP contribution >= 0.6 is 0 Å². The molecule has 1 aliphatic rings. The smallest absolute Gasteiger partial charge is 0.241 e. The number of anilines is 1. The molecule has 1 atom stereocenters. The van der Waals surface area contributed by atoms with Gasteiger partial charge in [-0.3, -0.25) is 9.69 Å². The molecule has 0 aromatic heterocycles. The molecule has 1 saturated heterocycles. The van der Waals surface area contributed by atoms with Crippen LogP contribution in [0.5, 0.6) is 0 Å². The van der Waals surface area contributed by atoms with Gasteiger partial charge in [-0.1, -0.05) is 26.0 Å². The van der Waals surface area contributed by atoms with Crippen LogP contribution < -0.4 is 11.1 Å². The Hall–Kier alpha value is -1.43. The zero-order valence-electron chi connectivity index (χ0n) is 14.2. The van der Waals surface area contributed by atoms with Gasteiger partial charge in [0.05, 0.1) is 6.04 Å². The maximum absolute atomic E-state index is 12.1. The first-order valence-electron chi connectivity index (χ1n) is 8.48. The number of amides is 1. The van der Waals surface area contributed by atoms with Crippen LogP contribution in [0.1, 0.15) is 32.3 Å². The monoisotopic (exact) mass is 319 g/mol. The number of nitrogens with zero attached hydrogens (tertiary/aromatic N) is 1. The number of aliphatic hydroxyl groups is 1. The minimum Gasteiger partial charge on any atom is -0.396 e. The molecule has 0 unspecified atom stereocenters. The van der Waals surface area contributed by atoms with E-state index in [1.54, 1.807) is 0 Å². The van der Waals surface area contributed by atoms with E-state index in [0.717, 1.165) is 38.2 Å². The highest BCUT2D eigenvalue weighted by atomic mass is 16.3. The third-order valence-electron chi connectivity index (χ3n) is 4.59. The van der Waals surface area contributed by atoms with E-state index < -0.39 is 6.04 Å². The number of nitrogens with one attached hydrogen (secondary N) is 1. The second kappa shape index (κ2) is 8.43. The molecule has 0 aliphatic carbocycles. The zero-order valence-corrected chi connectivity index (χ0v) is 14.2. The first-order valence-corrected chi connectivity index (χ1v) is 8.48. The van der Waals surface area contributed by atoms with Crippen LogP contribution in [-0.4, -0.2) is 41.7 Å². The number of likely N-dealkylation sites (tertiary alicyclic amines) is 1. The molecule has 1 amide bonds. The number of carbonyl (C=O) groups excluding carboxylic acids is 1. The summed E-state index contributed by atoms with van der Waals surface area (Å²) in [5, 5.41) is 12.1. The van der Waals surface area contributed by atoms with Gasteiger partial charge >= 0.3 is 0 Å². The van der Waals surface area contributed by atoms with Crippen LogP contribution in [0, 0.1) is 11.8 Å². The van der Waals surface area contributed by atoms with E-state index in [9.17, 15) is 9.90 Å². The summed E-state index contributed by atoms with van der Waals surface area (Å²) in [6, 6.07) is 7.47. The standard InChI is InChI=1S/C18H29N3O2/c1-13(2)17(19)18(23)20-16-5-3-4-15(10-16)11-21-8-6-14(12-22)7-9-21/h3-5,10,13-14,17,22H,6-9,11-12,19H2,1-2H3,(H,20,23)/t17-/m0/s1. The summed E-state index contributed by atoms with van der Waals surface area (Å²) < 4.78 is 0. The molecule has 0 radical (unpaired) electrons. The molecule has 2 rings (SSSR count). The maximum Gasteiger partial charge on any atom is 0.241 e. The average Bonchev–Trinajstić information content (AvgIpc) is 2.55. The molecular weight excluding hydrogens is 290 g/mol. The first-order chi connectivity index (χ1) is 11.0. The van der Waals surface area contributed by atoms with Crippen molar-refractivity contribution in [1.82, 2.24) is 4.90 Å². The van der Waals surface area contributed by atoms with Gasteiger partial charge in [0.25, 0.3) is 0 Å². The van der Waals surface area contributed by atoms with Crippen LogP contribution in [-0.2, 0) is 11.3 Å². The summed E-state index contributed by atoms with van der Waals surface area (Å²) in [7, 11) is 0. The topological polar surface area (TPSA) is 78.6 Å². The maximum atomic E-state index is 12.1. The number of benzene rings is 1. The van der Waals surface area contributed by atoms with Crippen LogP contribution in [0.25, 0.3) is 0 Å². The molecule has 0 bridgehead atoms. The Kier molecular flexibility index (Phi) is 6.57. The summed E-state index contributed by atoms with van der Waals surface area (Å²) in [5.74, 6) is 0.432. The average molecular weight is 319 g/mol. The summed E-state index contributed by atoms with van der Waals surface area (Å²) in [4.78, 5) is 14.4. The lowest BCUT2D eigenvalue weighted by molar-refractivity contribution is -0.118. The van der Waals surface area contributed by atoms with Gasteiger partial charge in [-0.25, -0.2) is 0 Å². The largest absolute Gasteiger partial charge is 0.396 e. The SMILES string of the molecule is CC(C)[C@H](N)C(=O)Nc1cccc(CN2CCC(CO)CC2)c1. The molecular formula is C18H29N3O2. The van der Waals surface area contributed by atoms with Gasteiger partial charge in [0, 0.05) is 18.8 Å². The Balaban J connectivity index is 1.91. The van der Waals surface area contributed by atoms with Crippen molar-refractivity contribution in [3.05, 3.63) is 29.8 Å². The fraction of sp³-hybridized carbons (Fsp3) is 0.611. The number of piperidine rings is 1. The molecule has 1 aliphatic heterocycles. The Morgan fingerprint density at radius 1 is 1.39 bits per heavy atom. The molecule has 1 aromatic carbocycles. The zero-order chi connectivity index (χ0) is 16.8. The van der Waals surface area contributed by atoms with E-state index in [1.807, 2.05) is 32.0 Å². The van der Waals surface area contributed by atoms with E-state index in [2.05, 4.69) is 16.3 Å². The highest BCUT2D eigenvalue weighted by molar-refractivity contribution is 5.94. The van der Waals surface area contributed by atoms with E-state index >= 15 is 0 Å². The molecule has 128 valence electrons. The molecule has 4 N–H and O–H groups in total. The number of carbonyl (C=O) groups is 1. The Labute approximate surface area is 138 Å². The number of hydrogen-bond acceptors (Lipinski definition) is 4. The normalized spacial score (nSPS) is 18.1. The fourth-order valence-electron chi connectivity index (χ4n) is 2.86. The highest BCUT2D eigenvalue weighted by Crippen LogP contribution is 2.20. The van der Waals surface area contributed by atoms with E-state index in [4.69, 9.17) is 5.73 Å². The van der Waals surface area contributed by atoms with Crippen molar-refractivity contribution in [3.8, 4) is 0 Å². The summed E-state index contributed by atoms with van der Waals surface area (Å²) in [6.07, 6.45) is 2.10. The van der Waals surface area contributed by atoms with Crippen molar-refractivity contribution >= 4 is 11.6 Å². The van der Waals surface area contributed by atoms with Gasteiger partial charge in [0.2, 0.25) is 5.91 Å². The molecule has 1 aromatic rings. The van der Waals surface area contributed by atoms with Crippen molar-refractivity contribution in [2.45, 2.75) is 39.3 Å². The Morgan fingerprint density at radius 2 is 2.09 bits per heavy atom. The van der Waals surface area contributed by atoms with Crippen LogP contribution in [0.3, 0.4) is 0 Å². The summed E-state index contributed by atoms with van der Waals surface area (Å²) >= 11 is 0. The van der Waals surface area contributed by atoms with Gasteiger partial charge < -0.3 is 16.2 Å². The predicted molar refractivity (Wildman–Crippen MR) is 93.0 cm³/mol. The Morgan fingerprint density at radius 3 is 2.70 bits per heavy atom. The molecule has 23 heavy (non-hydrogen) atoms. The van der Waals surface area contributed by atoms with Gasteiger partial charge in [0.15, 0.2) is 0 Å².